The van der Waals surface area contributed by atoms with Gasteiger partial charge in [-0.1, -0.05) is 66.7 Å². The van der Waals surface area contributed by atoms with Crippen molar-refractivity contribution in [2.75, 3.05) is 6.54 Å². The molecule has 11 heteroatoms. The SMILES string of the molecule is NC(Cc1ccccc1)C(=O)NCC(=O)NC(Cc1c[nH]c2ccccc12)C(=O)NC(Cc1c[nH]c2ccccc12)C(=O)O. The predicted molar refractivity (Wildman–Crippen MR) is 167 cm³/mol. The number of aromatic amines is 2. The third-order valence-electron chi connectivity index (χ3n) is 7.52. The van der Waals surface area contributed by atoms with Gasteiger partial charge in [-0.15, -0.1) is 0 Å². The smallest absolute Gasteiger partial charge is 0.326 e. The molecule has 11 nitrogen and oxygen atoms in total. The average molecular weight is 595 g/mol. The van der Waals surface area contributed by atoms with Crippen molar-refractivity contribution in [3.8, 4) is 0 Å². The lowest BCUT2D eigenvalue weighted by Gasteiger charge is -2.22. The predicted octanol–water partition coefficient (Wildman–Crippen LogP) is 2.17. The van der Waals surface area contributed by atoms with Crippen LogP contribution in [0.25, 0.3) is 21.8 Å². The van der Waals surface area contributed by atoms with E-state index in [9.17, 15) is 24.3 Å². The van der Waals surface area contributed by atoms with Gasteiger partial charge in [-0.25, -0.2) is 4.79 Å². The molecule has 0 spiro atoms. The summed E-state index contributed by atoms with van der Waals surface area (Å²) in [5.74, 6) is -3.00. The van der Waals surface area contributed by atoms with Gasteiger partial charge in [0, 0.05) is 47.0 Å². The van der Waals surface area contributed by atoms with Crippen LogP contribution < -0.4 is 21.7 Å². The summed E-state index contributed by atoms with van der Waals surface area (Å²) in [6.45, 7) is -0.406. The maximum atomic E-state index is 13.6. The minimum Gasteiger partial charge on any atom is -0.480 e. The number of para-hydroxylation sites is 2. The highest BCUT2D eigenvalue weighted by Crippen LogP contribution is 2.21. The van der Waals surface area contributed by atoms with Gasteiger partial charge in [-0.3, -0.25) is 14.4 Å². The Bertz CT molecular complexity index is 1780. The summed E-state index contributed by atoms with van der Waals surface area (Å²) in [5.41, 5.74) is 10.1. The minimum absolute atomic E-state index is 0.0359. The van der Waals surface area contributed by atoms with Crippen LogP contribution in [0.4, 0.5) is 0 Å². The first-order chi connectivity index (χ1) is 21.3. The van der Waals surface area contributed by atoms with Gasteiger partial charge in [0.2, 0.25) is 17.7 Å². The van der Waals surface area contributed by atoms with Crippen LogP contribution in [0.1, 0.15) is 16.7 Å². The van der Waals surface area contributed by atoms with Gasteiger partial charge in [0.1, 0.15) is 12.1 Å². The topological polar surface area (TPSA) is 182 Å². The molecule has 3 amide bonds. The summed E-state index contributed by atoms with van der Waals surface area (Å²) < 4.78 is 0. The Morgan fingerprint density at radius 1 is 0.682 bits per heavy atom. The third-order valence-corrected chi connectivity index (χ3v) is 7.52. The maximum Gasteiger partial charge on any atom is 0.326 e. The van der Waals surface area contributed by atoms with Crippen LogP contribution in [0, 0.1) is 0 Å². The second-order valence-electron chi connectivity index (χ2n) is 10.7. The number of nitrogens with two attached hydrogens (primary N) is 1. The molecule has 2 heterocycles. The number of rotatable bonds is 13. The molecule has 0 fully saturated rings. The first-order valence-corrected chi connectivity index (χ1v) is 14.3. The van der Waals surface area contributed by atoms with Gasteiger partial charge in [0.15, 0.2) is 0 Å². The summed E-state index contributed by atoms with van der Waals surface area (Å²) in [6.07, 6.45) is 3.90. The summed E-state index contributed by atoms with van der Waals surface area (Å²) in [6, 6.07) is 21.0. The second-order valence-corrected chi connectivity index (χ2v) is 10.7. The maximum absolute atomic E-state index is 13.6. The normalized spacial score (nSPS) is 13.2. The van der Waals surface area contributed by atoms with Crippen molar-refractivity contribution in [1.29, 1.82) is 0 Å². The molecule has 0 radical (unpaired) electrons. The van der Waals surface area contributed by atoms with Crippen LogP contribution in [0.15, 0.2) is 91.3 Å². The lowest BCUT2D eigenvalue weighted by Crippen LogP contribution is -2.55. The quantitative estimate of drug-likeness (QED) is 0.110. The number of carboxylic acid groups (broad SMARTS) is 1. The van der Waals surface area contributed by atoms with Gasteiger partial charge < -0.3 is 36.8 Å². The van der Waals surface area contributed by atoms with E-state index in [-0.39, 0.29) is 12.8 Å². The Morgan fingerprint density at radius 3 is 1.82 bits per heavy atom. The van der Waals surface area contributed by atoms with E-state index >= 15 is 0 Å². The molecule has 0 aliphatic heterocycles. The third kappa shape index (κ3) is 7.31. The van der Waals surface area contributed by atoms with Crippen LogP contribution in [0.2, 0.25) is 0 Å². The molecule has 226 valence electrons. The molecule has 8 N–H and O–H groups in total. The number of aromatic nitrogens is 2. The zero-order valence-electron chi connectivity index (χ0n) is 23.9. The van der Waals surface area contributed by atoms with E-state index in [0.717, 1.165) is 38.5 Å². The highest BCUT2D eigenvalue weighted by molar-refractivity contribution is 5.94. The Hall–Kier alpha value is -5.42. The van der Waals surface area contributed by atoms with Gasteiger partial charge in [-0.05, 0) is 35.2 Å². The van der Waals surface area contributed by atoms with E-state index in [1.54, 1.807) is 12.4 Å². The van der Waals surface area contributed by atoms with Crippen LogP contribution in [0.5, 0.6) is 0 Å². The number of aliphatic carboxylic acids is 1. The molecule has 3 aromatic carbocycles. The molecular weight excluding hydrogens is 560 g/mol. The Labute approximate surface area is 253 Å². The van der Waals surface area contributed by atoms with Gasteiger partial charge >= 0.3 is 5.97 Å². The molecule has 2 aromatic heterocycles. The van der Waals surface area contributed by atoms with Crippen LogP contribution in [-0.4, -0.2) is 63.4 Å². The summed E-state index contributed by atoms with van der Waals surface area (Å²) >= 11 is 0. The highest BCUT2D eigenvalue weighted by Gasteiger charge is 2.28. The van der Waals surface area contributed by atoms with Crippen molar-refractivity contribution < 1.29 is 24.3 Å². The molecule has 3 atom stereocenters. The van der Waals surface area contributed by atoms with E-state index < -0.39 is 48.4 Å². The molecule has 0 aliphatic carbocycles. The lowest BCUT2D eigenvalue weighted by atomic mass is 10.0. The largest absolute Gasteiger partial charge is 0.480 e. The Morgan fingerprint density at radius 2 is 1.23 bits per heavy atom. The highest BCUT2D eigenvalue weighted by atomic mass is 16.4. The molecule has 0 saturated carbocycles. The van der Waals surface area contributed by atoms with Gasteiger partial charge in [-0.2, -0.15) is 0 Å². The second kappa shape index (κ2) is 13.7. The average Bonchev–Trinajstić information content (AvgIpc) is 3.63. The number of carbonyl (C=O) groups excluding carboxylic acids is 3. The van der Waals surface area contributed by atoms with Crippen molar-refractivity contribution in [2.24, 2.45) is 5.73 Å². The zero-order valence-corrected chi connectivity index (χ0v) is 23.9. The molecule has 0 saturated heterocycles. The summed E-state index contributed by atoms with van der Waals surface area (Å²) in [4.78, 5) is 57.6. The van der Waals surface area contributed by atoms with Crippen molar-refractivity contribution in [3.63, 3.8) is 0 Å². The van der Waals surface area contributed by atoms with Crippen molar-refractivity contribution >= 4 is 45.5 Å². The number of fused-ring (bicyclic) bond motifs is 2. The number of H-pyrrole nitrogens is 2. The van der Waals surface area contributed by atoms with Crippen LogP contribution in [0.3, 0.4) is 0 Å². The monoisotopic (exact) mass is 594 g/mol. The van der Waals surface area contributed by atoms with Crippen molar-refractivity contribution in [1.82, 2.24) is 25.9 Å². The number of carbonyl (C=O) groups is 4. The number of hydrogen-bond donors (Lipinski definition) is 7. The lowest BCUT2D eigenvalue weighted by molar-refractivity contribution is -0.142. The van der Waals surface area contributed by atoms with Crippen LogP contribution in [-0.2, 0) is 38.4 Å². The first-order valence-electron chi connectivity index (χ1n) is 14.3. The zero-order chi connectivity index (χ0) is 31.1. The molecule has 5 rings (SSSR count). The molecule has 0 aliphatic rings. The minimum atomic E-state index is -1.25. The first kappa shape index (κ1) is 30.1. The molecular formula is C33H34N6O5. The van der Waals surface area contributed by atoms with E-state index in [1.165, 1.54) is 0 Å². The van der Waals surface area contributed by atoms with E-state index in [4.69, 9.17) is 5.73 Å². The Kier molecular flexibility index (Phi) is 9.36. The molecule has 5 aromatic rings. The number of carboxylic acids is 1. The van der Waals surface area contributed by atoms with Crippen molar-refractivity contribution in [2.45, 2.75) is 37.4 Å². The van der Waals surface area contributed by atoms with Gasteiger partial charge in [0.25, 0.3) is 0 Å². The summed E-state index contributed by atoms with van der Waals surface area (Å²) in [7, 11) is 0. The number of benzene rings is 3. The fourth-order valence-electron chi connectivity index (χ4n) is 5.23. The number of amides is 3. The Balaban J connectivity index is 1.28. The van der Waals surface area contributed by atoms with Gasteiger partial charge in [0.05, 0.1) is 12.6 Å². The summed E-state index contributed by atoms with van der Waals surface area (Å²) in [5, 5.41) is 19.5. The molecule has 0 bridgehead atoms. The molecule has 44 heavy (non-hydrogen) atoms. The van der Waals surface area contributed by atoms with E-state index in [0.29, 0.717) is 6.42 Å². The molecule has 3 unspecified atom stereocenters. The number of nitrogens with one attached hydrogen (secondary N) is 5. The number of hydrogen-bond acceptors (Lipinski definition) is 5. The fraction of sp³-hybridized carbons (Fsp3) is 0.212. The van der Waals surface area contributed by atoms with Crippen LogP contribution >= 0.6 is 0 Å². The standard InChI is InChI=1S/C33H34N6O5/c34-25(14-20-8-2-1-3-9-20)31(41)37-19-30(40)38-28(15-21-17-35-26-12-6-4-10-23(21)26)32(42)39-29(33(43)44)16-22-18-36-27-13-7-5-11-24(22)27/h1-13,17-18,25,28-29,35-36H,14-16,19,34H2,(H,37,41)(H,38,40)(H,39,42)(H,43,44). The fourth-order valence-corrected chi connectivity index (χ4v) is 5.23. The van der Waals surface area contributed by atoms with E-state index in [1.807, 2.05) is 78.9 Å². The van der Waals surface area contributed by atoms with Crippen molar-refractivity contribution in [3.05, 3.63) is 108 Å². The van der Waals surface area contributed by atoms with E-state index in [2.05, 4.69) is 25.9 Å².